The highest BCUT2D eigenvalue weighted by molar-refractivity contribution is 9.10. The Balaban J connectivity index is 2.39. The first-order valence-corrected chi connectivity index (χ1v) is 4.77. The number of rotatable bonds is 1. The minimum atomic E-state index is -0.0411. The number of amides is 1. The van der Waals surface area contributed by atoms with E-state index in [2.05, 4.69) is 21.2 Å². The van der Waals surface area contributed by atoms with Gasteiger partial charge in [0.2, 0.25) is 5.91 Å². The number of carbonyl (C=O) groups excluding carboxylic acids is 1. The van der Waals surface area contributed by atoms with Crippen molar-refractivity contribution >= 4 is 21.8 Å². The Kier molecular flexibility index (Phi) is 3.33. The molecule has 1 aliphatic heterocycles. The maximum Gasteiger partial charge on any atom is 0.236 e. The number of alkyl halides is 1. The monoisotopic (exact) mass is 220 g/mol. The quantitative estimate of drug-likeness (QED) is 0.641. The standard InChI is InChI=1S/C7H13BrN2O/c1-6(8)7(11)10-4-2-9-3-5-10/h6,9H,2-5H2,1H3. The molecule has 1 atom stereocenters. The van der Waals surface area contributed by atoms with Gasteiger partial charge in [-0.05, 0) is 6.92 Å². The molecule has 0 bridgehead atoms. The van der Waals surface area contributed by atoms with E-state index >= 15 is 0 Å². The van der Waals surface area contributed by atoms with Crippen molar-refractivity contribution in [2.75, 3.05) is 26.2 Å². The van der Waals surface area contributed by atoms with Crippen molar-refractivity contribution in [2.45, 2.75) is 11.8 Å². The molecule has 0 saturated carbocycles. The minimum Gasteiger partial charge on any atom is -0.339 e. The maximum atomic E-state index is 11.3. The second-order valence-electron chi connectivity index (χ2n) is 2.69. The van der Waals surface area contributed by atoms with Crippen LogP contribution in [0, 0.1) is 0 Å². The maximum absolute atomic E-state index is 11.3. The zero-order valence-corrected chi connectivity index (χ0v) is 8.23. The zero-order chi connectivity index (χ0) is 8.27. The Morgan fingerprint density at radius 2 is 2.09 bits per heavy atom. The molecule has 1 unspecified atom stereocenters. The molecule has 0 aromatic carbocycles. The van der Waals surface area contributed by atoms with Crippen molar-refractivity contribution in [3.63, 3.8) is 0 Å². The van der Waals surface area contributed by atoms with Gasteiger partial charge in [-0.1, -0.05) is 15.9 Å². The molecule has 1 heterocycles. The lowest BCUT2D eigenvalue weighted by Crippen LogP contribution is -2.48. The predicted molar refractivity (Wildman–Crippen MR) is 47.8 cm³/mol. The highest BCUT2D eigenvalue weighted by Gasteiger charge is 2.19. The Hall–Kier alpha value is -0.0900. The van der Waals surface area contributed by atoms with Gasteiger partial charge in [-0.3, -0.25) is 4.79 Å². The number of nitrogens with zero attached hydrogens (tertiary/aromatic N) is 1. The first kappa shape index (κ1) is 9.00. The van der Waals surface area contributed by atoms with Gasteiger partial charge in [0.15, 0.2) is 0 Å². The first-order chi connectivity index (χ1) is 5.22. The molecule has 1 saturated heterocycles. The lowest BCUT2D eigenvalue weighted by Gasteiger charge is -2.28. The third-order valence-electron chi connectivity index (χ3n) is 1.77. The van der Waals surface area contributed by atoms with Crippen LogP contribution in [-0.4, -0.2) is 41.8 Å². The van der Waals surface area contributed by atoms with Crippen LogP contribution in [0.4, 0.5) is 0 Å². The van der Waals surface area contributed by atoms with E-state index in [1.807, 2.05) is 11.8 Å². The molecule has 11 heavy (non-hydrogen) atoms. The number of nitrogens with one attached hydrogen (secondary N) is 1. The Morgan fingerprint density at radius 3 is 2.55 bits per heavy atom. The molecule has 0 aliphatic carbocycles. The van der Waals surface area contributed by atoms with Gasteiger partial charge in [-0.15, -0.1) is 0 Å². The summed E-state index contributed by atoms with van der Waals surface area (Å²) in [4.78, 5) is 13.2. The van der Waals surface area contributed by atoms with Crippen molar-refractivity contribution in [3.05, 3.63) is 0 Å². The van der Waals surface area contributed by atoms with E-state index in [1.54, 1.807) is 0 Å². The molecule has 1 amide bonds. The summed E-state index contributed by atoms with van der Waals surface area (Å²) in [5.74, 6) is 0.200. The first-order valence-electron chi connectivity index (χ1n) is 3.85. The van der Waals surface area contributed by atoms with Crippen LogP contribution in [0.2, 0.25) is 0 Å². The number of halogens is 1. The van der Waals surface area contributed by atoms with E-state index in [0.717, 1.165) is 26.2 Å². The Labute approximate surface area is 75.3 Å². The van der Waals surface area contributed by atoms with Gasteiger partial charge >= 0.3 is 0 Å². The van der Waals surface area contributed by atoms with E-state index in [-0.39, 0.29) is 10.7 Å². The fourth-order valence-corrected chi connectivity index (χ4v) is 1.43. The van der Waals surface area contributed by atoms with Crippen LogP contribution in [0.5, 0.6) is 0 Å². The Bertz CT molecular complexity index is 143. The fraction of sp³-hybridized carbons (Fsp3) is 0.857. The second-order valence-corrected chi connectivity index (χ2v) is 4.06. The molecule has 0 spiro atoms. The molecule has 4 heteroatoms. The second kappa shape index (κ2) is 4.07. The van der Waals surface area contributed by atoms with Crippen molar-refractivity contribution < 1.29 is 4.79 Å². The third kappa shape index (κ3) is 2.45. The summed E-state index contributed by atoms with van der Waals surface area (Å²) in [6.07, 6.45) is 0. The minimum absolute atomic E-state index is 0.0411. The summed E-state index contributed by atoms with van der Waals surface area (Å²) >= 11 is 3.26. The topological polar surface area (TPSA) is 32.3 Å². The van der Waals surface area contributed by atoms with Gasteiger partial charge in [0, 0.05) is 26.2 Å². The molecule has 64 valence electrons. The highest BCUT2D eigenvalue weighted by atomic mass is 79.9. The van der Waals surface area contributed by atoms with Crippen LogP contribution in [0.15, 0.2) is 0 Å². The van der Waals surface area contributed by atoms with E-state index in [1.165, 1.54) is 0 Å². The molecular formula is C7H13BrN2O. The highest BCUT2D eigenvalue weighted by Crippen LogP contribution is 2.04. The van der Waals surface area contributed by atoms with Gasteiger partial charge in [0.25, 0.3) is 0 Å². The number of carbonyl (C=O) groups is 1. The van der Waals surface area contributed by atoms with Crippen molar-refractivity contribution in [2.24, 2.45) is 0 Å². The molecule has 1 N–H and O–H groups in total. The molecular weight excluding hydrogens is 208 g/mol. The SMILES string of the molecule is CC(Br)C(=O)N1CCNCC1. The van der Waals surface area contributed by atoms with Gasteiger partial charge in [-0.2, -0.15) is 0 Å². The summed E-state index contributed by atoms with van der Waals surface area (Å²) in [5, 5.41) is 3.20. The molecule has 1 fully saturated rings. The lowest BCUT2D eigenvalue weighted by atomic mass is 10.3. The average Bonchev–Trinajstić information content (AvgIpc) is 2.05. The lowest BCUT2D eigenvalue weighted by molar-refractivity contribution is -0.130. The van der Waals surface area contributed by atoms with Gasteiger partial charge in [0.05, 0.1) is 4.83 Å². The molecule has 3 nitrogen and oxygen atoms in total. The van der Waals surface area contributed by atoms with E-state index in [9.17, 15) is 4.79 Å². The van der Waals surface area contributed by atoms with E-state index in [0.29, 0.717) is 0 Å². The molecule has 0 aromatic heterocycles. The summed E-state index contributed by atoms with van der Waals surface area (Å²) < 4.78 is 0. The predicted octanol–water partition coefficient (Wildman–Crippen LogP) is 0.202. The number of piperazine rings is 1. The molecule has 0 radical (unpaired) electrons. The van der Waals surface area contributed by atoms with E-state index < -0.39 is 0 Å². The van der Waals surface area contributed by atoms with Gasteiger partial charge in [-0.25, -0.2) is 0 Å². The Morgan fingerprint density at radius 1 is 1.55 bits per heavy atom. The van der Waals surface area contributed by atoms with Crippen LogP contribution in [-0.2, 0) is 4.79 Å². The van der Waals surface area contributed by atoms with Gasteiger partial charge < -0.3 is 10.2 Å². The summed E-state index contributed by atoms with van der Waals surface area (Å²) in [6.45, 7) is 5.39. The van der Waals surface area contributed by atoms with Crippen LogP contribution < -0.4 is 5.32 Å². The van der Waals surface area contributed by atoms with E-state index in [4.69, 9.17) is 0 Å². The van der Waals surface area contributed by atoms with Crippen molar-refractivity contribution in [3.8, 4) is 0 Å². The fourth-order valence-electron chi connectivity index (χ4n) is 1.14. The van der Waals surface area contributed by atoms with Crippen LogP contribution in [0.1, 0.15) is 6.92 Å². The van der Waals surface area contributed by atoms with Crippen LogP contribution in [0.3, 0.4) is 0 Å². The van der Waals surface area contributed by atoms with Gasteiger partial charge in [0.1, 0.15) is 0 Å². The average molecular weight is 221 g/mol. The largest absolute Gasteiger partial charge is 0.339 e. The molecule has 1 aliphatic rings. The third-order valence-corrected chi connectivity index (χ3v) is 2.16. The molecule has 1 rings (SSSR count). The van der Waals surface area contributed by atoms with Crippen molar-refractivity contribution in [1.82, 2.24) is 10.2 Å². The normalized spacial score (nSPS) is 21.5. The smallest absolute Gasteiger partial charge is 0.236 e. The zero-order valence-electron chi connectivity index (χ0n) is 6.64. The summed E-state index contributed by atoms with van der Waals surface area (Å²) in [6, 6.07) is 0. The number of hydrogen-bond acceptors (Lipinski definition) is 2. The number of hydrogen-bond donors (Lipinski definition) is 1. The van der Waals surface area contributed by atoms with Crippen LogP contribution >= 0.6 is 15.9 Å². The summed E-state index contributed by atoms with van der Waals surface area (Å²) in [7, 11) is 0. The van der Waals surface area contributed by atoms with Crippen molar-refractivity contribution in [1.29, 1.82) is 0 Å². The summed E-state index contributed by atoms with van der Waals surface area (Å²) in [5.41, 5.74) is 0. The molecule has 0 aromatic rings. The van der Waals surface area contributed by atoms with Crippen LogP contribution in [0.25, 0.3) is 0 Å².